The molecule has 5 rings (SSSR count). The third kappa shape index (κ3) is 4.83. The highest BCUT2D eigenvalue weighted by atomic mass is 32.1. The highest BCUT2D eigenvalue weighted by molar-refractivity contribution is 7.86. The molecule has 0 nitrogen and oxygen atoms in total. The van der Waals surface area contributed by atoms with Gasteiger partial charge in [0.15, 0.2) is 0 Å². The van der Waals surface area contributed by atoms with Crippen molar-refractivity contribution in [3.63, 3.8) is 0 Å². The molecule has 0 radical (unpaired) electrons. The maximum Gasteiger partial charge on any atom is 0.0208 e. The Hall–Kier alpha value is -2.69. The van der Waals surface area contributed by atoms with Crippen LogP contribution < -0.4 is 31.8 Å². The van der Waals surface area contributed by atoms with E-state index in [9.17, 15) is 0 Å². The monoisotopic (exact) mass is 478 g/mol. The van der Waals surface area contributed by atoms with Crippen LogP contribution in [0.4, 0.5) is 0 Å². The van der Waals surface area contributed by atoms with Crippen molar-refractivity contribution in [2.45, 2.75) is 4.90 Å². The second kappa shape index (κ2) is 10.5. The smallest absolute Gasteiger partial charge is 0.0208 e. The van der Waals surface area contributed by atoms with E-state index in [-0.39, 0.29) is 0 Å². The summed E-state index contributed by atoms with van der Waals surface area (Å²) in [5.74, 6) is 0. The molecule has 0 aromatic heterocycles. The maximum atomic E-state index is 5.22. The summed E-state index contributed by atoms with van der Waals surface area (Å²) in [6.45, 7) is 0. The van der Waals surface area contributed by atoms with Crippen molar-refractivity contribution in [2.75, 3.05) is 0 Å². The summed E-state index contributed by atoms with van der Waals surface area (Å²) in [6, 6.07) is 50.1. The normalized spacial score (nSPS) is 11.1. The average molecular weight is 479 g/mol. The lowest BCUT2D eigenvalue weighted by atomic mass is 10.3. The standard InChI is InChI=1S/C30H24P2S/c33-30-28(31(24-14-5-1-6-15-24)25-16-7-2-8-17-25)22-13-23-29(30)32(26-18-9-3-10-19-26)27-20-11-4-12-21-27/h1-23,33H. The van der Waals surface area contributed by atoms with Gasteiger partial charge in [-0.05, 0) is 47.7 Å². The van der Waals surface area contributed by atoms with E-state index in [1.54, 1.807) is 0 Å². The Morgan fingerprint density at radius 3 is 0.879 bits per heavy atom. The van der Waals surface area contributed by atoms with Gasteiger partial charge in [-0.3, -0.25) is 0 Å². The first-order chi connectivity index (χ1) is 16.3. The first-order valence-electron chi connectivity index (χ1n) is 11.0. The van der Waals surface area contributed by atoms with Crippen molar-refractivity contribution in [3.05, 3.63) is 140 Å². The van der Waals surface area contributed by atoms with E-state index in [0.717, 1.165) is 4.90 Å². The van der Waals surface area contributed by atoms with E-state index >= 15 is 0 Å². The number of rotatable bonds is 6. The van der Waals surface area contributed by atoms with E-state index in [1.165, 1.54) is 31.8 Å². The minimum Gasteiger partial charge on any atom is -0.142 e. The number of thiol groups is 1. The number of hydrogen-bond acceptors (Lipinski definition) is 1. The Kier molecular flexibility index (Phi) is 7.03. The Morgan fingerprint density at radius 2 is 0.606 bits per heavy atom. The summed E-state index contributed by atoms with van der Waals surface area (Å²) < 4.78 is 0. The molecule has 0 amide bonds. The van der Waals surface area contributed by atoms with Gasteiger partial charge in [-0.15, -0.1) is 12.6 Å². The molecule has 0 atom stereocenters. The summed E-state index contributed by atoms with van der Waals surface area (Å²) in [7, 11) is -1.42. The molecule has 160 valence electrons. The summed E-state index contributed by atoms with van der Waals surface area (Å²) in [6.07, 6.45) is 0. The van der Waals surface area contributed by atoms with Crippen LogP contribution in [-0.2, 0) is 0 Å². The Labute approximate surface area is 204 Å². The van der Waals surface area contributed by atoms with Gasteiger partial charge in [0.25, 0.3) is 0 Å². The van der Waals surface area contributed by atoms with E-state index in [0.29, 0.717) is 0 Å². The molecule has 0 fully saturated rings. The number of benzene rings is 5. The van der Waals surface area contributed by atoms with Crippen LogP contribution >= 0.6 is 28.5 Å². The lowest BCUT2D eigenvalue weighted by molar-refractivity contribution is 1.61. The zero-order valence-electron chi connectivity index (χ0n) is 18.1. The van der Waals surface area contributed by atoms with Crippen molar-refractivity contribution in [1.82, 2.24) is 0 Å². The highest BCUT2D eigenvalue weighted by Gasteiger charge is 2.24. The molecule has 0 heterocycles. The predicted octanol–water partition coefficient (Wildman–Crippen LogP) is 5.49. The predicted molar refractivity (Wildman–Crippen MR) is 151 cm³/mol. The first-order valence-corrected chi connectivity index (χ1v) is 14.1. The molecule has 33 heavy (non-hydrogen) atoms. The van der Waals surface area contributed by atoms with Gasteiger partial charge in [0.1, 0.15) is 0 Å². The van der Waals surface area contributed by atoms with Crippen LogP contribution in [0.25, 0.3) is 0 Å². The van der Waals surface area contributed by atoms with Crippen LogP contribution in [-0.4, -0.2) is 0 Å². The van der Waals surface area contributed by atoms with E-state index < -0.39 is 15.8 Å². The molecular weight excluding hydrogens is 454 g/mol. The third-order valence-corrected chi connectivity index (χ3v) is 11.3. The molecule has 3 heteroatoms. The van der Waals surface area contributed by atoms with Crippen LogP contribution in [0.1, 0.15) is 0 Å². The topological polar surface area (TPSA) is 0 Å². The molecule has 0 bridgehead atoms. The van der Waals surface area contributed by atoms with Gasteiger partial charge >= 0.3 is 0 Å². The minimum absolute atomic E-state index is 0.712. The summed E-state index contributed by atoms with van der Waals surface area (Å²) >= 11 is 5.22. The summed E-state index contributed by atoms with van der Waals surface area (Å²) in [5, 5.41) is 7.99. The van der Waals surface area contributed by atoms with E-state index in [1.807, 2.05) is 0 Å². The van der Waals surface area contributed by atoms with E-state index in [2.05, 4.69) is 140 Å². The van der Waals surface area contributed by atoms with Crippen molar-refractivity contribution in [1.29, 1.82) is 0 Å². The minimum atomic E-state index is -0.712. The maximum absolute atomic E-state index is 5.22. The fraction of sp³-hybridized carbons (Fsp3) is 0. The quantitative estimate of drug-likeness (QED) is 0.242. The zero-order valence-corrected chi connectivity index (χ0v) is 20.8. The Morgan fingerprint density at radius 1 is 0.333 bits per heavy atom. The second-order valence-corrected chi connectivity index (χ2v) is 12.5. The van der Waals surface area contributed by atoms with Gasteiger partial charge in [0.2, 0.25) is 0 Å². The van der Waals surface area contributed by atoms with Gasteiger partial charge in [0, 0.05) is 4.90 Å². The van der Waals surface area contributed by atoms with Gasteiger partial charge in [-0.25, -0.2) is 0 Å². The van der Waals surface area contributed by atoms with E-state index in [4.69, 9.17) is 12.6 Å². The van der Waals surface area contributed by atoms with Crippen molar-refractivity contribution in [2.24, 2.45) is 0 Å². The third-order valence-electron chi connectivity index (χ3n) is 5.53. The molecule has 5 aromatic carbocycles. The molecular formula is C30H24P2S. The van der Waals surface area contributed by atoms with Crippen LogP contribution in [0, 0.1) is 0 Å². The van der Waals surface area contributed by atoms with Crippen LogP contribution in [0.2, 0.25) is 0 Å². The number of hydrogen-bond donors (Lipinski definition) is 1. The van der Waals surface area contributed by atoms with Crippen LogP contribution in [0.3, 0.4) is 0 Å². The molecule has 0 saturated carbocycles. The van der Waals surface area contributed by atoms with Gasteiger partial charge in [-0.2, -0.15) is 0 Å². The molecule has 0 spiro atoms. The molecule has 0 aliphatic carbocycles. The summed E-state index contributed by atoms with van der Waals surface area (Å²) in [4.78, 5) is 1.11. The van der Waals surface area contributed by atoms with Crippen molar-refractivity contribution >= 4 is 60.3 Å². The van der Waals surface area contributed by atoms with Gasteiger partial charge < -0.3 is 0 Å². The average Bonchev–Trinajstić information content (AvgIpc) is 2.89. The molecule has 0 unspecified atom stereocenters. The van der Waals surface area contributed by atoms with Gasteiger partial charge in [-0.1, -0.05) is 140 Å². The van der Waals surface area contributed by atoms with Crippen molar-refractivity contribution < 1.29 is 0 Å². The Balaban J connectivity index is 1.70. The molecule has 0 aliphatic heterocycles. The van der Waals surface area contributed by atoms with Crippen molar-refractivity contribution in [3.8, 4) is 0 Å². The van der Waals surface area contributed by atoms with Gasteiger partial charge in [0.05, 0.1) is 0 Å². The Bertz CT molecular complexity index is 1130. The lowest BCUT2D eigenvalue weighted by Gasteiger charge is -2.26. The second-order valence-electron chi connectivity index (χ2n) is 7.66. The SMILES string of the molecule is Sc1c(P(c2ccccc2)c2ccccc2)cccc1P(c1ccccc1)c1ccccc1. The lowest BCUT2D eigenvalue weighted by Crippen LogP contribution is -2.28. The largest absolute Gasteiger partial charge is 0.142 e. The molecule has 0 aliphatic rings. The fourth-order valence-electron chi connectivity index (χ4n) is 4.04. The fourth-order valence-corrected chi connectivity index (χ4v) is 9.61. The molecule has 0 saturated heterocycles. The molecule has 0 N–H and O–H groups in total. The summed E-state index contributed by atoms with van der Waals surface area (Å²) in [5.41, 5.74) is 0. The van der Waals surface area contributed by atoms with Crippen LogP contribution in [0.15, 0.2) is 144 Å². The zero-order chi connectivity index (χ0) is 22.5. The molecule has 5 aromatic rings. The highest BCUT2D eigenvalue weighted by Crippen LogP contribution is 2.39. The van der Waals surface area contributed by atoms with Crippen LogP contribution in [0.5, 0.6) is 0 Å². The first kappa shape index (κ1) is 22.1.